The fraction of sp³-hybridized carbons (Fsp3) is 0.333. The van der Waals surface area contributed by atoms with Gasteiger partial charge in [0.2, 0.25) is 0 Å². The van der Waals surface area contributed by atoms with Crippen LogP contribution >= 0.6 is 11.6 Å². The van der Waals surface area contributed by atoms with E-state index in [9.17, 15) is 20.2 Å². The van der Waals surface area contributed by atoms with Crippen LogP contribution in [0.5, 0.6) is 0 Å². The van der Waals surface area contributed by atoms with Gasteiger partial charge in [0.05, 0.1) is 9.85 Å². The standard InChI is InChI=1S/C9H9ClN2O5/c1-5-6(2-3-13)4-7(11(14)15)8(10)9(5)12(16)17/h4,13H,2-3H2,1H3. The Labute approximate surface area is 101 Å². The normalized spacial score (nSPS) is 10.3. The van der Waals surface area contributed by atoms with Crippen LogP contribution in [0.4, 0.5) is 11.4 Å². The molecule has 0 unspecified atom stereocenters. The Morgan fingerprint density at radius 3 is 2.35 bits per heavy atom. The Kier molecular flexibility index (Phi) is 3.97. The molecule has 0 heterocycles. The number of halogens is 1. The average molecular weight is 261 g/mol. The van der Waals surface area contributed by atoms with Crippen LogP contribution < -0.4 is 0 Å². The Morgan fingerprint density at radius 2 is 1.94 bits per heavy atom. The van der Waals surface area contributed by atoms with Gasteiger partial charge in [-0.3, -0.25) is 20.2 Å². The summed E-state index contributed by atoms with van der Waals surface area (Å²) in [7, 11) is 0. The number of rotatable bonds is 4. The lowest BCUT2D eigenvalue weighted by molar-refractivity contribution is -0.394. The molecule has 0 spiro atoms. The van der Waals surface area contributed by atoms with Crippen molar-refractivity contribution in [2.24, 2.45) is 0 Å². The number of hydrogen-bond acceptors (Lipinski definition) is 5. The maximum absolute atomic E-state index is 10.8. The van der Waals surface area contributed by atoms with Gasteiger partial charge in [-0.2, -0.15) is 0 Å². The zero-order valence-corrected chi connectivity index (χ0v) is 9.60. The molecular weight excluding hydrogens is 252 g/mol. The van der Waals surface area contributed by atoms with E-state index in [2.05, 4.69) is 0 Å². The van der Waals surface area contributed by atoms with Crippen molar-refractivity contribution >= 4 is 23.0 Å². The van der Waals surface area contributed by atoms with Gasteiger partial charge in [0.1, 0.15) is 0 Å². The highest BCUT2D eigenvalue weighted by molar-refractivity contribution is 6.35. The third kappa shape index (κ3) is 2.51. The Morgan fingerprint density at radius 1 is 1.35 bits per heavy atom. The summed E-state index contributed by atoms with van der Waals surface area (Å²) in [6, 6.07) is 1.15. The van der Waals surface area contributed by atoms with Gasteiger partial charge in [0, 0.05) is 18.2 Å². The third-order valence-electron chi connectivity index (χ3n) is 2.34. The number of nitrogens with zero attached hydrogens (tertiary/aromatic N) is 2. The number of benzene rings is 1. The molecule has 7 nitrogen and oxygen atoms in total. The van der Waals surface area contributed by atoms with Crippen LogP contribution in [0.2, 0.25) is 5.02 Å². The van der Waals surface area contributed by atoms with Crippen molar-refractivity contribution in [2.75, 3.05) is 6.61 Å². The highest BCUT2D eigenvalue weighted by Crippen LogP contribution is 2.38. The van der Waals surface area contributed by atoms with Gasteiger partial charge in [-0.05, 0) is 18.9 Å². The summed E-state index contributed by atoms with van der Waals surface area (Å²) in [6.45, 7) is 1.19. The number of nitro benzene ring substituents is 2. The molecule has 0 fully saturated rings. The van der Waals surface area contributed by atoms with Gasteiger partial charge in [-0.25, -0.2) is 0 Å². The van der Waals surface area contributed by atoms with E-state index >= 15 is 0 Å². The SMILES string of the molecule is Cc1c(CCO)cc([N+](=O)[O-])c(Cl)c1[N+](=O)[O-]. The monoisotopic (exact) mass is 260 g/mol. The lowest BCUT2D eigenvalue weighted by atomic mass is 10.0. The molecule has 1 N–H and O–H groups in total. The van der Waals surface area contributed by atoms with Crippen LogP contribution in [-0.2, 0) is 6.42 Å². The van der Waals surface area contributed by atoms with Gasteiger partial charge >= 0.3 is 0 Å². The van der Waals surface area contributed by atoms with Crippen molar-refractivity contribution in [1.82, 2.24) is 0 Å². The molecule has 0 aliphatic carbocycles. The van der Waals surface area contributed by atoms with Crippen molar-refractivity contribution in [3.05, 3.63) is 42.4 Å². The number of hydrogen-bond donors (Lipinski definition) is 1. The Balaban J connectivity index is 3.57. The van der Waals surface area contributed by atoms with E-state index < -0.39 is 26.2 Å². The molecule has 0 aliphatic rings. The number of aliphatic hydroxyl groups excluding tert-OH is 1. The fourth-order valence-electron chi connectivity index (χ4n) is 1.50. The van der Waals surface area contributed by atoms with Gasteiger partial charge in [-0.1, -0.05) is 11.6 Å². The molecule has 0 saturated carbocycles. The maximum atomic E-state index is 10.8. The highest BCUT2D eigenvalue weighted by atomic mass is 35.5. The quantitative estimate of drug-likeness (QED) is 0.658. The summed E-state index contributed by atoms with van der Waals surface area (Å²) in [6.07, 6.45) is 0.102. The Hall–Kier alpha value is -1.73. The van der Waals surface area contributed by atoms with E-state index in [4.69, 9.17) is 16.7 Å². The van der Waals surface area contributed by atoms with E-state index in [1.807, 2.05) is 0 Å². The van der Waals surface area contributed by atoms with E-state index in [-0.39, 0.29) is 18.6 Å². The molecule has 1 aromatic rings. The predicted octanol–water partition coefficient (Wildman–Crippen LogP) is 2.00. The summed E-state index contributed by atoms with van der Waals surface area (Å²) < 4.78 is 0. The fourth-order valence-corrected chi connectivity index (χ4v) is 1.84. The van der Waals surface area contributed by atoms with Crippen LogP contribution in [0.15, 0.2) is 6.07 Å². The van der Waals surface area contributed by atoms with Gasteiger partial charge in [0.25, 0.3) is 11.4 Å². The second-order valence-electron chi connectivity index (χ2n) is 3.33. The summed E-state index contributed by atoms with van der Waals surface area (Å²) in [4.78, 5) is 20.0. The molecule has 0 bridgehead atoms. The van der Waals surface area contributed by atoms with E-state index in [1.54, 1.807) is 0 Å². The molecular formula is C9H9ClN2O5. The van der Waals surface area contributed by atoms with Crippen LogP contribution in [0, 0.1) is 27.2 Å². The van der Waals surface area contributed by atoms with Crippen molar-refractivity contribution in [2.45, 2.75) is 13.3 Å². The summed E-state index contributed by atoms with van der Waals surface area (Å²) in [5.74, 6) is 0. The second kappa shape index (κ2) is 5.07. The van der Waals surface area contributed by atoms with E-state index in [0.29, 0.717) is 5.56 Å². The lowest BCUT2D eigenvalue weighted by Gasteiger charge is -2.06. The van der Waals surface area contributed by atoms with Crippen LogP contribution in [0.25, 0.3) is 0 Å². The van der Waals surface area contributed by atoms with Crippen molar-refractivity contribution < 1.29 is 15.0 Å². The summed E-state index contributed by atoms with van der Waals surface area (Å²) in [5.41, 5.74) is -0.424. The van der Waals surface area contributed by atoms with Crippen LogP contribution in [-0.4, -0.2) is 21.6 Å². The number of aliphatic hydroxyl groups is 1. The highest BCUT2D eigenvalue weighted by Gasteiger charge is 2.28. The van der Waals surface area contributed by atoms with Crippen molar-refractivity contribution in [1.29, 1.82) is 0 Å². The van der Waals surface area contributed by atoms with Gasteiger partial charge in [0.15, 0.2) is 5.02 Å². The molecule has 0 amide bonds. The molecule has 0 atom stereocenters. The topological polar surface area (TPSA) is 107 Å². The van der Waals surface area contributed by atoms with Gasteiger partial charge in [-0.15, -0.1) is 0 Å². The molecule has 1 aromatic carbocycles. The first-order valence-electron chi connectivity index (χ1n) is 4.61. The molecule has 1 rings (SSSR count). The number of nitro groups is 2. The molecule has 0 aromatic heterocycles. The molecule has 8 heteroatoms. The average Bonchev–Trinajstić information content (AvgIpc) is 2.21. The molecule has 0 aliphatic heterocycles. The van der Waals surface area contributed by atoms with E-state index in [1.165, 1.54) is 6.92 Å². The minimum absolute atomic E-state index is 0.102. The largest absolute Gasteiger partial charge is 0.396 e. The minimum Gasteiger partial charge on any atom is -0.396 e. The summed E-state index contributed by atoms with van der Waals surface area (Å²) in [5, 5.41) is 29.8. The summed E-state index contributed by atoms with van der Waals surface area (Å²) >= 11 is 5.63. The first-order chi connectivity index (χ1) is 7.90. The first-order valence-corrected chi connectivity index (χ1v) is 4.99. The maximum Gasteiger partial charge on any atom is 0.298 e. The van der Waals surface area contributed by atoms with Crippen LogP contribution in [0.1, 0.15) is 11.1 Å². The van der Waals surface area contributed by atoms with Crippen LogP contribution in [0.3, 0.4) is 0 Å². The van der Waals surface area contributed by atoms with Crippen molar-refractivity contribution in [3.63, 3.8) is 0 Å². The smallest absolute Gasteiger partial charge is 0.298 e. The molecule has 0 saturated heterocycles. The third-order valence-corrected chi connectivity index (χ3v) is 2.71. The van der Waals surface area contributed by atoms with Crippen molar-refractivity contribution in [3.8, 4) is 0 Å². The van der Waals surface area contributed by atoms with E-state index in [0.717, 1.165) is 6.07 Å². The lowest BCUT2D eigenvalue weighted by Crippen LogP contribution is -2.03. The second-order valence-corrected chi connectivity index (χ2v) is 3.71. The van der Waals surface area contributed by atoms with Gasteiger partial charge < -0.3 is 5.11 Å². The Bertz CT molecular complexity index is 489. The minimum atomic E-state index is -0.782. The predicted molar refractivity (Wildman–Crippen MR) is 60.3 cm³/mol. The first kappa shape index (κ1) is 13.3. The zero-order chi connectivity index (χ0) is 13.2. The molecule has 17 heavy (non-hydrogen) atoms. The molecule has 92 valence electrons. The molecule has 0 radical (unpaired) electrons. The zero-order valence-electron chi connectivity index (χ0n) is 8.84.